The maximum atomic E-state index is 12.3. The number of hydrogen-bond donors (Lipinski definition) is 2. The standard InChI is InChI=1S/C18H14N2O3S2/c19-25(22,23)17-9-13(10-24-17)18(21)20-14-5-6-16-12(8-14)7-11-3-1-2-4-15(11)16/h1-6,8-10H,7H2,(H,20,21)(H2,19,22,23). The van der Waals surface area contributed by atoms with E-state index in [9.17, 15) is 13.2 Å². The van der Waals surface area contributed by atoms with E-state index in [1.54, 1.807) is 0 Å². The molecule has 0 fully saturated rings. The molecule has 5 nitrogen and oxygen atoms in total. The minimum atomic E-state index is -3.79. The van der Waals surface area contributed by atoms with Crippen molar-refractivity contribution in [3.05, 3.63) is 70.6 Å². The zero-order valence-corrected chi connectivity index (χ0v) is 14.7. The molecule has 25 heavy (non-hydrogen) atoms. The average molecular weight is 370 g/mol. The lowest BCUT2D eigenvalue weighted by molar-refractivity contribution is 0.102. The van der Waals surface area contributed by atoms with E-state index in [1.165, 1.54) is 28.1 Å². The van der Waals surface area contributed by atoms with Crippen LogP contribution in [0, 0.1) is 0 Å². The average Bonchev–Trinajstić information content (AvgIpc) is 3.19. The lowest BCUT2D eigenvalue weighted by atomic mass is 10.1. The largest absolute Gasteiger partial charge is 0.322 e. The maximum absolute atomic E-state index is 12.3. The van der Waals surface area contributed by atoms with Crippen molar-refractivity contribution in [1.82, 2.24) is 0 Å². The van der Waals surface area contributed by atoms with Crippen LogP contribution in [-0.4, -0.2) is 14.3 Å². The zero-order chi connectivity index (χ0) is 17.6. The van der Waals surface area contributed by atoms with Crippen molar-refractivity contribution in [3.8, 4) is 11.1 Å². The second kappa shape index (κ2) is 5.80. The molecule has 0 spiro atoms. The van der Waals surface area contributed by atoms with Crippen LogP contribution < -0.4 is 10.5 Å². The molecule has 0 saturated carbocycles. The molecule has 1 aromatic heterocycles. The molecule has 0 aliphatic heterocycles. The number of primary sulfonamides is 1. The van der Waals surface area contributed by atoms with Crippen molar-refractivity contribution in [2.45, 2.75) is 10.6 Å². The Morgan fingerprint density at radius 3 is 2.56 bits per heavy atom. The number of hydrogen-bond acceptors (Lipinski definition) is 4. The number of rotatable bonds is 3. The van der Waals surface area contributed by atoms with Gasteiger partial charge in [0, 0.05) is 11.1 Å². The van der Waals surface area contributed by atoms with E-state index in [2.05, 4.69) is 17.4 Å². The Hall–Kier alpha value is -2.48. The van der Waals surface area contributed by atoms with Crippen LogP contribution in [0.1, 0.15) is 21.5 Å². The predicted octanol–water partition coefficient (Wildman–Crippen LogP) is 3.22. The van der Waals surface area contributed by atoms with Crippen LogP contribution in [0.3, 0.4) is 0 Å². The third kappa shape index (κ3) is 2.97. The molecular formula is C18H14N2O3S2. The highest BCUT2D eigenvalue weighted by Crippen LogP contribution is 2.37. The van der Waals surface area contributed by atoms with E-state index in [0.717, 1.165) is 23.3 Å². The first-order chi connectivity index (χ1) is 11.9. The lowest BCUT2D eigenvalue weighted by Crippen LogP contribution is -2.12. The molecule has 2 aromatic carbocycles. The SMILES string of the molecule is NS(=O)(=O)c1cc(C(=O)Nc2ccc3c(c2)Cc2ccccc2-3)cs1. The van der Waals surface area contributed by atoms with Gasteiger partial charge in [-0.1, -0.05) is 30.3 Å². The molecule has 0 bridgehead atoms. The summed E-state index contributed by atoms with van der Waals surface area (Å²) in [5, 5.41) is 9.37. The summed E-state index contributed by atoms with van der Waals surface area (Å²) < 4.78 is 22.6. The van der Waals surface area contributed by atoms with E-state index < -0.39 is 10.0 Å². The molecule has 1 aliphatic carbocycles. The Morgan fingerprint density at radius 1 is 1.04 bits per heavy atom. The summed E-state index contributed by atoms with van der Waals surface area (Å²) in [6.07, 6.45) is 0.837. The van der Waals surface area contributed by atoms with Crippen LogP contribution in [-0.2, 0) is 16.4 Å². The quantitative estimate of drug-likeness (QED) is 0.580. The van der Waals surface area contributed by atoms with E-state index in [0.29, 0.717) is 5.69 Å². The van der Waals surface area contributed by atoms with E-state index in [1.807, 2.05) is 30.3 Å². The van der Waals surface area contributed by atoms with Crippen LogP contribution in [0.2, 0.25) is 0 Å². The molecule has 0 saturated heterocycles. The number of fused-ring (bicyclic) bond motifs is 3. The number of sulfonamides is 1. The molecule has 0 radical (unpaired) electrons. The first kappa shape index (κ1) is 16.0. The number of benzene rings is 2. The first-order valence-corrected chi connectivity index (χ1v) is 9.98. The Labute approximate surface area is 149 Å². The van der Waals surface area contributed by atoms with Crippen LogP contribution in [0.15, 0.2) is 58.1 Å². The number of thiophene rings is 1. The summed E-state index contributed by atoms with van der Waals surface area (Å²) in [4.78, 5) is 12.3. The number of carbonyl (C=O) groups excluding carboxylic acids is 1. The van der Waals surface area contributed by atoms with Gasteiger partial charge in [-0.3, -0.25) is 4.79 Å². The molecule has 1 heterocycles. The van der Waals surface area contributed by atoms with Crippen LogP contribution in [0.25, 0.3) is 11.1 Å². The Bertz CT molecular complexity index is 1100. The number of anilines is 1. The van der Waals surface area contributed by atoms with Crippen molar-refractivity contribution < 1.29 is 13.2 Å². The highest BCUT2D eigenvalue weighted by Gasteiger charge is 2.19. The first-order valence-electron chi connectivity index (χ1n) is 7.56. The lowest BCUT2D eigenvalue weighted by Gasteiger charge is -2.07. The molecule has 1 aliphatic rings. The van der Waals surface area contributed by atoms with Gasteiger partial charge in [0.1, 0.15) is 4.21 Å². The number of carbonyl (C=O) groups is 1. The summed E-state index contributed by atoms with van der Waals surface area (Å²) in [7, 11) is -3.79. The predicted molar refractivity (Wildman–Crippen MR) is 98.3 cm³/mol. The minimum absolute atomic E-state index is 0.0259. The molecule has 0 atom stereocenters. The van der Waals surface area contributed by atoms with E-state index in [-0.39, 0.29) is 15.7 Å². The maximum Gasteiger partial charge on any atom is 0.256 e. The topological polar surface area (TPSA) is 89.3 Å². The highest BCUT2D eigenvalue weighted by atomic mass is 32.2. The van der Waals surface area contributed by atoms with Gasteiger partial charge in [0.25, 0.3) is 5.91 Å². The fraction of sp³-hybridized carbons (Fsp3) is 0.0556. The molecule has 3 aromatic rings. The number of amides is 1. The van der Waals surface area contributed by atoms with Gasteiger partial charge in [0.15, 0.2) is 0 Å². The van der Waals surface area contributed by atoms with E-state index in [4.69, 9.17) is 5.14 Å². The second-order valence-corrected chi connectivity index (χ2v) is 8.56. The molecule has 1 amide bonds. The van der Waals surface area contributed by atoms with Crippen molar-refractivity contribution >= 4 is 33.0 Å². The van der Waals surface area contributed by atoms with Crippen LogP contribution >= 0.6 is 11.3 Å². The van der Waals surface area contributed by atoms with Crippen molar-refractivity contribution in [1.29, 1.82) is 0 Å². The van der Waals surface area contributed by atoms with Crippen molar-refractivity contribution in [3.63, 3.8) is 0 Å². The Kier molecular flexibility index (Phi) is 3.72. The zero-order valence-electron chi connectivity index (χ0n) is 13.0. The summed E-state index contributed by atoms with van der Waals surface area (Å²) >= 11 is 0.933. The third-order valence-corrected chi connectivity index (χ3v) is 6.56. The molecule has 0 unspecified atom stereocenters. The van der Waals surface area contributed by atoms with Gasteiger partial charge in [0.2, 0.25) is 10.0 Å². The van der Waals surface area contributed by atoms with Gasteiger partial charge < -0.3 is 5.32 Å². The molecule has 7 heteroatoms. The molecule has 126 valence electrons. The monoisotopic (exact) mass is 370 g/mol. The van der Waals surface area contributed by atoms with Crippen LogP contribution in [0.4, 0.5) is 5.69 Å². The smallest absolute Gasteiger partial charge is 0.256 e. The van der Waals surface area contributed by atoms with Gasteiger partial charge >= 0.3 is 0 Å². The fourth-order valence-electron chi connectivity index (χ4n) is 3.01. The normalized spacial score (nSPS) is 12.5. The van der Waals surface area contributed by atoms with Crippen molar-refractivity contribution in [2.24, 2.45) is 5.14 Å². The van der Waals surface area contributed by atoms with E-state index >= 15 is 0 Å². The summed E-state index contributed by atoms with van der Waals surface area (Å²) in [5.41, 5.74) is 5.80. The third-order valence-electron chi connectivity index (χ3n) is 4.17. The molecule has 4 rings (SSSR count). The summed E-state index contributed by atoms with van der Waals surface area (Å²) in [6, 6.07) is 15.3. The second-order valence-electron chi connectivity index (χ2n) is 5.86. The van der Waals surface area contributed by atoms with Gasteiger partial charge in [-0.25, -0.2) is 13.6 Å². The van der Waals surface area contributed by atoms with Gasteiger partial charge in [-0.15, -0.1) is 11.3 Å². The minimum Gasteiger partial charge on any atom is -0.322 e. The summed E-state index contributed by atoms with van der Waals surface area (Å²) in [6.45, 7) is 0. The van der Waals surface area contributed by atoms with Gasteiger partial charge in [0.05, 0.1) is 5.56 Å². The van der Waals surface area contributed by atoms with Gasteiger partial charge in [-0.2, -0.15) is 0 Å². The summed E-state index contributed by atoms with van der Waals surface area (Å²) in [5.74, 6) is -0.360. The Balaban J connectivity index is 1.57. The molecule has 3 N–H and O–H groups in total. The molecular weight excluding hydrogens is 356 g/mol. The van der Waals surface area contributed by atoms with Crippen LogP contribution in [0.5, 0.6) is 0 Å². The highest BCUT2D eigenvalue weighted by molar-refractivity contribution is 7.91. The van der Waals surface area contributed by atoms with Gasteiger partial charge in [-0.05, 0) is 46.9 Å². The number of nitrogens with one attached hydrogen (secondary N) is 1. The fourth-order valence-corrected chi connectivity index (χ4v) is 4.60. The number of nitrogens with two attached hydrogens (primary N) is 1. The Morgan fingerprint density at radius 2 is 1.80 bits per heavy atom. The van der Waals surface area contributed by atoms with Crippen molar-refractivity contribution in [2.75, 3.05) is 5.32 Å².